The van der Waals surface area contributed by atoms with Gasteiger partial charge in [0.2, 0.25) is 0 Å². The molecule has 38 heavy (non-hydrogen) atoms. The maximum Gasteiger partial charge on any atom is 0.160 e. The van der Waals surface area contributed by atoms with Crippen LogP contribution in [0.4, 0.5) is 0 Å². The van der Waals surface area contributed by atoms with Crippen LogP contribution in [-0.4, -0.2) is 29.7 Å². The number of unbranched alkanes of at least 4 members (excludes halogenated alkanes) is 18. The molecule has 0 aliphatic heterocycles. The van der Waals surface area contributed by atoms with Crippen LogP contribution in [0.2, 0.25) is 0 Å². The summed E-state index contributed by atoms with van der Waals surface area (Å²) in [4.78, 5) is 0. The second kappa shape index (κ2) is 26.0. The largest absolute Gasteiger partial charge is 0.504 e. The molecule has 4 nitrogen and oxygen atoms in total. The number of phenols is 2. The van der Waals surface area contributed by atoms with Gasteiger partial charge in [-0.05, 0) is 50.2 Å². The van der Waals surface area contributed by atoms with Crippen molar-refractivity contribution in [2.75, 3.05) is 13.2 Å². The second-order valence-electron chi connectivity index (χ2n) is 11.2. The van der Waals surface area contributed by atoms with E-state index in [0.717, 1.165) is 50.9 Å². The van der Waals surface area contributed by atoms with Crippen LogP contribution in [-0.2, 0) is 15.9 Å². The molecule has 0 aromatic heterocycles. The highest BCUT2D eigenvalue weighted by Crippen LogP contribution is 2.29. The summed E-state index contributed by atoms with van der Waals surface area (Å²) in [5, 5.41) is 19.5. The van der Waals surface area contributed by atoms with Crippen LogP contribution in [0.1, 0.15) is 161 Å². The van der Waals surface area contributed by atoms with Gasteiger partial charge in [0, 0.05) is 13.2 Å². The zero-order valence-corrected chi connectivity index (χ0v) is 25.2. The number of ether oxygens (including phenoxy) is 2. The number of hydrogen-bond donors (Lipinski definition) is 2. The van der Waals surface area contributed by atoms with Crippen molar-refractivity contribution in [3.63, 3.8) is 0 Å². The van der Waals surface area contributed by atoms with E-state index in [0.29, 0.717) is 0 Å². The second-order valence-corrected chi connectivity index (χ2v) is 11.2. The van der Waals surface area contributed by atoms with E-state index in [-0.39, 0.29) is 17.8 Å². The first-order valence-corrected chi connectivity index (χ1v) is 16.4. The summed E-state index contributed by atoms with van der Waals surface area (Å²) < 4.78 is 12.4. The molecule has 0 amide bonds. The monoisotopic (exact) mass is 534 g/mol. The number of hydrogen-bond acceptors (Lipinski definition) is 4. The third kappa shape index (κ3) is 19.8. The van der Waals surface area contributed by atoms with E-state index in [9.17, 15) is 10.2 Å². The van der Waals surface area contributed by atoms with Crippen molar-refractivity contribution in [1.82, 2.24) is 0 Å². The highest BCUT2D eigenvalue weighted by molar-refractivity contribution is 5.44. The highest BCUT2D eigenvalue weighted by Gasteiger charge is 2.10. The van der Waals surface area contributed by atoms with Crippen molar-refractivity contribution in [2.45, 2.75) is 168 Å². The number of benzene rings is 1. The molecule has 0 saturated heterocycles. The quantitative estimate of drug-likeness (QED) is 0.0637. The van der Waals surface area contributed by atoms with Crippen molar-refractivity contribution in [2.24, 2.45) is 0 Å². The van der Waals surface area contributed by atoms with Crippen molar-refractivity contribution in [3.05, 3.63) is 23.8 Å². The molecule has 1 aromatic rings. The Hall–Kier alpha value is -1.26. The van der Waals surface area contributed by atoms with Gasteiger partial charge in [0.1, 0.15) is 0 Å². The van der Waals surface area contributed by atoms with Crippen molar-refractivity contribution in [3.8, 4) is 11.5 Å². The Balaban J connectivity index is 2.13. The minimum absolute atomic E-state index is 0.0152. The van der Waals surface area contributed by atoms with Crippen molar-refractivity contribution in [1.29, 1.82) is 0 Å². The summed E-state index contributed by atoms with van der Waals surface area (Å²) in [6, 6.07) is 5.23. The Labute approximate surface area is 235 Å². The lowest BCUT2D eigenvalue weighted by Crippen LogP contribution is -2.19. The maximum atomic E-state index is 9.91. The molecule has 222 valence electrons. The molecular formula is C34H62O4. The molecule has 0 aliphatic rings. The minimum Gasteiger partial charge on any atom is -0.504 e. The lowest BCUT2D eigenvalue weighted by Gasteiger charge is -2.19. The first kappa shape index (κ1) is 34.8. The molecule has 1 aromatic carbocycles. The van der Waals surface area contributed by atoms with Crippen LogP contribution in [0.25, 0.3) is 0 Å². The lowest BCUT2D eigenvalue weighted by atomic mass is 10.0. The van der Waals surface area contributed by atoms with Crippen LogP contribution in [0.15, 0.2) is 18.2 Å². The SMILES string of the molecule is CCCCCCCCCOC(CCCCCCCCCc1cccc(O)c1O)OCCCCCCCCC. The fourth-order valence-electron chi connectivity index (χ4n) is 5.05. The topological polar surface area (TPSA) is 58.9 Å². The van der Waals surface area contributed by atoms with Gasteiger partial charge < -0.3 is 19.7 Å². The third-order valence-corrected chi connectivity index (χ3v) is 7.59. The number of phenolic OH excluding ortho intramolecular Hbond substituents is 2. The summed E-state index contributed by atoms with van der Waals surface area (Å²) in [5.41, 5.74) is 0.851. The smallest absolute Gasteiger partial charge is 0.160 e. The fraction of sp³-hybridized carbons (Fsp3) is 0.824. The minimum atomic E-state index is -0.0230. The summed E-state index contributed by atoms with van der Waals surface area (Å²) in [6.07, 6.45) is 28.6. The predicted octanol–water partition coefficient (Wildman–Crippen LogP) is 10.6. The molecule has 1 rings (SSSR count). The van der Waals surface area contributed by atoms with Gasteiger partial charge >= 0.3 is 0 Å². The normalized spacial score (nSPS) is 11.6. The molecule has 0 aliphatic carbocycles. The molecule has 2 N–H and O–H groups in total. The van der Waals surface area contributed by atoms with Crippen molar-refractivity contribution < 1.29 is 19.7 Å². The molecule has 4 heteroatoms. The highest BCUT2D eigenvalue weighted by atomic mass is 16.7. The van der Waals surface area contributed by atoms with Crippen LogP contribution < -0.4 is 0 Å². The van der Waals surface area contributed by atoms with E-state index in [1.807, 2.05) is 6.07 Å². The van der Waals surface area contributed by atoms with Gasteiger partial charge in [0.05, 0.1) is 0 Å². The first-order chi connectivity index (χ1) is 18.7. The number of para-hydroxylation sites is 1. The molecule has 0 atom stereocenters. The number of aromatic hydroxyl groups is 2. The van der Waals surface area contributed by atoms with Crippen molar-refractivity contribution >= 4 is 0 Å². The van der Waals surface area contributed by atoms with Gasteiger partial charge in [-0.1, -0.05) is 135 Å². The molecule has 0 bridgehead atoms. The fourth-order valence-corrected chi connectivity index (χ4v) is 5.05. The first-order valence-electron chi connectivity index (χ1n) is 16.4. The van der Waals surface area contributed by atoms with E-state index in [2.05, 4.69) is 13.8 Å². The van der Waals surface area contributed by atoms with Gasteiger partial charge in [-0.3, -0.25) is 0 Å². The van der Waals surface area contributed by atoms with E-state index in [1.165, 1.54) is 122 Å². The molecule has 0 spiro atoms. The zero-order chi connectivity index (χ0) is 27.5. The summed E-state index contributed by atoms with van der Waals surface area (Å²) in [7, 11) is 0. The Bertz CT molecular complexity index is 613. The molecule has 0 heterocycles. The summed E-state index contributed by atoms with van der Waals surface area (Å²) in [6.45, 7) is 6.22. The van der Waals surface area contributed by atoms with E-state index in [1.54, 1.807) is 6.07 Å². The Kier molecular flexibility index (Phi) is 23.8. The molecule has 0 fully saturated rings. The Morgan fingerprint density at radius 3 is 1.53 bits per heavy atom. The van der Waals surface area contributed by atoms with E-state index >= 15 is 0 Å². The standard InChI is InChI=1S/C34H62O4/c1-3-5-7-9-14-18-22-29-37-33(38-30-23-19-15-10-8-6-4-2)28-21-17-13-11-12-16-20-25-31-26-24-27-32(35)34(31)36/h24,26-27,33,35-36H,3-23,25,28-30H2,1-2H3. The number of rotatable bonds is 28. The molecular weight excluding hydrogens is 472 g/mol. The Morgan fingerprint density at radius 1 is 0.553 bits per heavy atom. The third-order valence-electron chi connectivity index (χ3n) is 7.59. The molecule has 0 saturated carbocycles. The van der Waals surface area contributed by atoms with Crippen LogP contribution in [0.3, 0.4) is 0 Å². The maximum absolute atomic E-state index is 9.91. The van der Waals surface area contributed by atoms with Gasteiger partial charge in [-0.25, -0.2) is 0 Å². The molecule has 0 unspecified atom stereocenters. The van der Waals surface area contributed by atoms with Gasteiger partial charge in [-0.15, -0.1) is 0 Å². The van der Waals surface area contributed by atoms with Gasteiger partial charge in [0.25, 0.3) is 0 Å². The molecule has 0 radical (unpaired) electrons. The van der Waals surface area contributed by atoms with Crippen LogP contribution >= 0.6 is 0 Å². The summed E-state index contributed by atoms with van der Waals surface area (Å²) >= 11 is 0. The average Bonchev–Trinajstić information content (AvgIpc) is 2.92. The Morgan fingerprint density at radius 2 is 1.00 bits per heavy atom. The summed E-state index contributed by atoms with van der Waals surface area (Å²) in [5.74, 6) is 0.0315. The predicted molar refractivity (Wildman–Crippen MR) is 162 cm³/mol. The van der Waals surface area contributed by atoms with Gasteiger partial charge in [0.15, 0.2) is 17.8 Å². The van der Waals surface area contributed by atoms with Crippen LogP contribution in [0.5, 0.6) is 11.5 Å². The number of aryl methyl sites for hydroxylation is 1. The zero-order valence-electron chi connectivity index (χ0n) is 25.2. The lowest BCUT2D eigenvalue weighted by molar-refractivity contribution is -0.148. The van der Waals surface area contributed by atoms with E-state index in [4.69, 9.17) is 9.47 Å². The van der Waals surface area contributed by atoms with E-state index < -0.39 is 0 Å². The average molecular weight is 535 g/mol. The van der Waals surface area contributed by atoms with Gasteiger partial charge in [-0.2, -0.15) is 0 Å². The van der Waals surface area contributed by atoms with Crippen LogP contribution in [0, 0.1) is 0 Å².